The Balaban J connectivity index is 1.49. The molecule has 1 aliphatic heterocycles. The summed E-state index contributed by atoms with van der Waals surface area (Å²) in [6.07, 6.45) is 9.72. The number of amides is 1. The summed E-state index contributed by atoms with van der Waals surface area (Å²) in [4.78, 5) is 19.7. The first-order valence-corrected chi connectivity index (χ1v) is 9.71. The Morgan fingerprint density at radius 2 is 2.15 bits per heavy atom. The molecule has 1 unspecified atom stereocenters. The van der Waals surface area contributed by atoms with E-state index in [1.807, 2.05) is 19.2 Å². The van der Waals surface area contributed by atoms with Crippen molar-refractivity contribution in [3.63, 3.8) is 0 Å². The minimum absolute atomic E-state index is 0.0101. The Kier molecular flexibility index (Phi) is 5.02. The lowest BCUT2D eigenvalue weighted by molar-refractivity contribution is 0.0923. The molecule has 1 amide bonds. The number of nitrogens with one attached hydrogen (secondary N) is 2. The first-order valence-electron chi connectivity index (χ1n) is 9.71. The third-order valence-corrected chi connectivity index (χ3v) is 5.52. The number of aromatic nitrogens is 3. The number of hydrogen-bond acceptors (Lipinski definition) is 4. The van der Waals surface area contributed by atoms with Crippen molar-refractivity contribution < 1.29 is 4.79 Å². The summed E-state index contributed by atoms with van der Waals surface area (Å²) in [5.41, 5.74) is 3.72. The molecule has 138 valence electrons. The highest BCUT2D eigenvalue weighted by Crippen LogP contribution is 2.41. The van der Waals surface area contributed by atoms with Gasteiger partial charge in [0.25, 0.3) is 5.91 Å². The summed E-state index contributed by atoms with van der Waals surface area (Å²) in [6.45, 7) is 4.68. The van der Waals surface area contributed by atoms with Gasteiger partial charge in [-0.1, -0.05) is 12.5 Å². The summed E-state index contributed by atoms with van der Waals surface area (Å²) in [7, 11) is 0. The van der Waals surface area contributed by atoms with E-state index >= 15 is 0 Å². The summed E-state index contributed by atoms with van der Waals surface area (Å²) in [6, 6.07) is 4.25. The van der Waals surface area contributed by atoms with Crippen LogP contribution in [-0.4, -0.2) is 45.6 Å². The average molecular weight is 353 g/mol. The molecular formula is C20H27N5O. The minimum atomic E-state index is -0.0101. The van der Waals surface area contributed by atoms with Crippen LogP contribution in [0.25, 0.3) is 0 Å². The van der Waals surface area contributed by atoms with Crippen molar-refractivity contribution in [2.75, 3.05) is 19.6 Å². The van der Waals surface area contributed by atoms with Crippen molar-refractivity contribution >= 4 is 5.91 Å². The Morgan fingerprint density at radius 3 is 2.85 bits per heavy atom. The SMILES string of the molecule is Cc1[nH]nc(C2CC2)c1C(=O)NCC(c1cccnc1)N1CCCCC1. The number of H-pyrrole nitrogens is 1. The largest absolute Gasteiger partial charge is 0.350 e. The third kappa shape index (κ3) is 3.65. The van der Waals surface area contributed by atoms with Gasteiger partial charge in [0.1, 0.15) is 0 Å². The van der Waals surface area contributed by atoms with Crippen LogP contribution in [-0.2, 0) is 0 Å². The van der Waals surface area contributed by atoms with E-state index in [9.17, 15) is 4.79 Å². The number of carbonyl (C=O) groups excluding carboxylic acids is 1. The lowest BCUT2D eigenvalue weighted by atomic mass is 10.0. The molecule has 6 heteroatoms. The van der Waals surface area contributed by atoms with Crippen LogP contribution in [0.2, 0.25) is 0 Å². The highest BCUT2D eigenvalue weighted by molar-refractivity contribution is 5.96. The molecule has 2 aliphatic rings. The number of carbonyl (C=O) groups is 1. The summed E-state index contributed by atoms with van der Waals surface area (Å²) in [5, 5.41) is 10.5. The van der Waals surface area contributed by atoms with Gasteiger partial charge in [0.15, 0.2) is 0 Å². The molecule has 26 heavy (non-hydrogen) atoms. The van der Waals surface area contributed by atoms with E-state index in [-0.39, 0.29) is 11.9 Å². The molecule has 1 saturated carbocycles. The molecule has 0 radical (unpaired) electrons. The molecular weight excluding hydrogens is 326 g/mol. The van der Waals surface area contributed by atoms with Crippen molar-refractivity contribution in [3.8, 4) is 0 Å². The maximum Gasteiger partial charge on any atom is 0.255 e. The van der Waals surface area contributed by atoms with Gasteiger partial charge in [0.05, 0.1) is 17.3 Å². The quantitative estimate of drug-likeness (QED) is 0.837. The van der Waals surface area contributed by atoms with Crippen molar-refractivity contribution in [2.24, 2.45) is 0 Å². The maximum absolute atomic E-state index is 12.9. The highest BCUT2D eigenvalue weighted by Gasteiger charge is 2.32. The van der Waals surface area contributed by atoms with Crippen LogP contribution < -0.4 is 5.32 Å². The molecule has 3 heterocycles. The average Bonchev–Trinajstić information content (AvgIpc) is 3.45. The number of nitrogens with zero attached hydrogens (tertiary/aromatic N) is 3. The molecule has 2 aromatic heterocycles. The number of likely N-dealkylation sites (tertiary alicyclic amines) is 1. The first-order chi connectivity index (χ1) is 12.7. The number of rotatable bonds is 6. The van der Waals surface area contributed by atoms with Gasteiger partial charge in [-0.3, -0.25) is 19.8 Å². The normalized spacial score (nSPS) is 19.3. The van der Waals surface area contributed by atoms with Crippen molar-refractivity contribution in [1.29, 1.82) is 0 Å². The van der Waals surface area contributed by atoms with Gasteiger partial charge in [-0.2, -0.15) is 5.10 Å². The lowest BCUT2D eigenvalue weighted by Gasteiger charge is -2.34. The Morgan fingerprint density at radius 1 is 1.35 bits per heavy atom. The van der Waals surface area contributed by atoms with Crippen LogP contribution in [0.4, 0.5) is 0 Å². The third-order valence-electron chi connectivity index (χ3n) is 5.52. The number of pyridine rings is 1. The van der Waals surface area contributed by atoms with E-state index in [0.717, 1.165) is 42.9 Å². The molecule has 1 aliphatic carbocycles. The van der Waals surface area contributed by atoms with Gasteiger partial charge < -0.3 is 5.32 Å². The van der Waals surface area contributed by atoms with Crippen LogP contribution in [0.3, 0.4) is 0 Å². The number of piperidine rings is 1. The van der Waals surface area contributed by atoms with Gasteiger partial charge >= 0.3 is 0 Å². The van der Waals surface area contributed by atoms with Gasteiger partial charge in [0.2, 0.25) is 0 Å². The van der Waals surface area contributed by atoms with E-state index in [2.05, 4.69) is 31.5 Å². The highest BCUT2D eigenvalue weighted by atomic mass is 16.1. The van der Waals surface area contributed by atoms with E-state index in [1.165, 1.54) is 24.8 Å². The topological polar surface area (TPSA) is 73.9 Å². The molecule has 4 rings (SSSR count). The predicted molar refractivity (Wildman–Crippen MR) is 100 cm³/mol. The fourth-order valence-electron chi connectivity index (χ4n) is 3.93. The molecule has 0 bridgehead atoms. The zero-order valence-corrected chi connectivity index (χ0v) is 15.4. The molecule has 0 aromatic carbocycles. The van der Waals surface area contributed by atoms with Gasteiger partial charge in [-0.25, -0.2) is 0 Å². The molecule has 1 atom stereocenters. The molecule has 2 fully saturated rings. The van der Waals surface area contributed by atoms with Gasteiger partial charge in [0, 0.05) is 30.6 Å². The summed E-state index contributed by atoms with van der Waals surface area (Å²) < 4.78 is 0. The van der Waals surface area contributed by atoms with Crippen LogP contribution >= 0.6 is 0 Å². The second kappa shape index (κ2) is 7.58. The number of aromatic amines is 1. The molecule has 0 spiro atoms. The van der Waals surface area contributed by atoms with Gasteiger partial charge in [-0.05, 0) is 57.3 Å². The van der Waals surface area contributed by atoms with E-state index in [4.69, 9.17) is 0 Å². The summed E-state index contributed by atoms with van der Waals surface area (Å²) >= 11 is 0. The lowest BCUT2D eigenvalue weighted by Crippen LogP contribution is -2.40. The molecule has 2 N–H and O–H groups in total. The Hall–Kier alpha value is -2.21. The Bertz CT molecular complexity index is 747. The molecule has 6 nitrogen and oxygen atoms in total. The molecule has 2 aromatic rings. The second-order valence-corrected chi connectivity index (χ2v) is 7.49. The van der Waals surface area contributed by atoms with Crippen LogP contribution in [0.5, 0.6) is 0 Å². The second-order valence-electron chi connectivity index (χ2n) is 7.49. The smallest absolute Gasteiger partial charge is 0.255 e. The van der Waals surface area contributed by atoms with Crippen molar-refractivity contribution in [2.45, 2.75) is 51.0 Å². The van der Waals surface area contributed by atoms with Crippen molar-refractivity contribution in [3.05, 3.63) is 47.0 Å². The first kappa shape index (κ1) is 17.2. The van der Waals surface area contributed by atoms with Gasteiger partial charge in [-0.15, -0.1) is 0 Å². The van der Waals surface area contributed by atoms with Crippen LogP contribution in [0.1, 0.15) is 71.4 Å². The van der Waals surface area contributed by atoms with E-state index < -0.39 is 0 Å². The Labute approximate surface area is 154 Å². The zero-order valence-electron chi connectivity index (χ0n) is 15.4. The van der Waals surface area contributed by atoms with E-state index in [1.54, 1.807) is 6.20 Å². The minimum Gasteiger partial charge on any atom is -0.350 e. The van der Waals surface area contributed by atoms with E-state index in [0.29, 0.717) is 12.5 Å². The zero-order chi connectivity index (χ0) is 17.9. The van der Waals surface area contributed by atoms with Crippen LogP contribution in [0, 0.1) is 6.92 Å². The number of hydrogen-bond donors (Lipinski definition) is 2. The fourth-order valence-corrected chi connectivity index (χ4v) is 3.93. The standard InChI is InChI=1S/C20H27N5O/c1-14-18(19(24-23-14)15-7-8-15)20(26)22-13-17(16-6-5-9-21-12-16)25-10-3-2-4-11-25/h5-6,9,12,15,17H,2-4,7-8,10-11,13H2,1H3,(H,22,26)(H,23,24). The monoisotopic (exact) mass is 353 g/mol. The van der Waals surface area contributed by atoms with Crippen LogP contribution in [0.15, 0.2) is 24.5 Å². The fraction of sp³-hybridized carbons (Fsp3) is 0.550. The van der Waals surface area contributed by atoms with Crippen molar-refractivity contribution in [1.82, 2.24) is 25.4 Å². The maximum atomic E-state index is 12.9. The number of aryl methyl sites for hydroxylation is 1. The molecule has 1 saturated heterocycles. The predicted octanol–water partition coefficient (Wildman–Crippen LogP) is 2.95. The summed E-state index contributed by atoms with van der Waals surface area (Å²) in [5.74, 6) is 0.445.